The van der Waals surface area contributed by atoms with Crippen molar-refractivity contribution < 1.29 is 19.8 Å². The summed E-state index contributed by atoms with van der Waals surface area (Å²) < 4.78 is 0. The van der Waals surface area contributed by atoms with Crippen LogP contribution in [-0.2, 0) is 29.1 Å². The van der Waals surface area contributed by atoms with Crippen molar-refractivity contribution >= 4 is 22.8 Å². The van der Waals surface area contributed by atoms with Gasteiger partial charge in [0.15, 0.2) is 0 Å². The molecule has 0 spiro atoms. The van der Waals surface area contributed by atoms with Crippen LogP contribution in [-0.4, -0.2) is 56.1 Å². The summed E-state index contributed by atoms with van der Waals surface area (Å²) in [5, 5.41) is 16.2. The zero-order valence-electron chi connectivity index (χ0n) is 17.8. The van der Waals surface area contributed by atoms with Gasteiger partial charge in [0.2, 0.25) is 0 Å². The molecular formula is C25H27N3O4. The van der Waals surface area contributed by atoms with E-state index < -0.39 is 11.9 Å². The third-order valence-corrected chi connectivity index (χ3v) is 7.01. The first-order chi connectivity index (χ1) is 15.5. The third-order valence-electron chi connectivity index (χ3n) is 7.01. The van der Waals surface area contributed by atoms with E-state index >= 15 is 0 Å². The predicted molar refractivity (Wildman–Crippen MR) is 120 cm³/mol. The average molecular weight is 434 g/mol. The summed E-state index contributed by atoms with van der Waals surface area (Å²) in [5.74, 6) is -3.65. The Hall–Kier alpha value is -3.16. The smallest absolute Gasteiger partial charge is 0.414 e. The van der Waals surface area contributed by atoms with Gasteiger partial charge in [-0.1, -0.05) is 42.5 Å². The highest BCUT2D eigenvalue weighted by atomic mass is 16.4. The molecule has 3 aliphatic heterocycles. The van der Waals surface area contributed by atoms with E-state index in [0.29, 0.717) is 6.04 Å². The number of hydrogen-bond donors (Lipinski definition) is 3. The summed E-state index contributed by atoms with van der Waals surface area (Å²) in [4.78, 5) is 27.3. The lowest BCUT2D eigenvalue weighted by Gasteiger charge is -2.36. The van der Waals surface area contributed by atoms with Crippen molar-refractivity contribution in [1.82, 2.24) is 14.8 Å². The molecular weight excluding hydrogens is 406 g/mol. The highest BCUT2D eigenvalue weighted by Gasteiger charge is 2.41. The third kappa shape index (κ3) is 3.78. The van der Waals surface area contributed by atoms with E-state index in [0.717, 1.165) is 19.1 Å². The van der Waals surface area contributed by atoms with Gasteiger partial charge in [-0.2, -0.15) is 0 Å². The van der Waals surface area contributed by atoms with Crippen molar-refractivity contribution in [3.63, 3.8) is 0 Å². The molecule has 1 aromatic heterocycles. The van der Waals surface area contributed by atoms with Crippen LogP contribution in [0.3, 0.4) is 0 Å². The Balaban J connectivity index is 0.000000322. The number of aromatic nitrogens is 1. The highest BCUT2D eigenvalue weighted by Crippen LogP contribution is 2.46. The van der Waals surface area contributed by atoms with Crippen LogP contribution in [0.1, 0.15) is 41.3 Å². The second kappa shape index (κ2) is 8.41. The Labute approximate surface area is 186 Å². The molecule has 166 valence electrons. The van der Waals surface area contributed by atoms with Crippen LogP contribution in [0, 0.1) is 0 Å². The Morgan fingerprint density at radius 2 is 1.56 bits per heavy atom. The van der Waals surface area contributed by atoms with E-state index in [1.165, 1.54) is 60.1 Å². The summed E-state index contributed by atoms with van der Waals surface area (Å²) >= 11 is 0. The fourth-order valence-electron chi connectivity index (χ4n) is 5.62. The second-order valence-electron chi connectivity index (χ2n) is 8.84. The maximum absolute atomic E-state index is 9.10. The fourth-order valence-corrected chi connectivity index (χ4v) is 5.62. The minimum atomic E-state index is -1.82. The number of carboxylic acids is 2. The van der Waals surface area contributed by atoms with Crippen LogP contribution in [0.25, 0.3) is 10.9 Å². The Kier molecular flexibility index (Phi) is 5.45. The van der Waals surface area contributed by atoms with E-state index in [1.54, 1.807) is 5.56 Å². The first-order valence-electron chi connectivity index (χ1n) is 11.1. The zero-order valence-corrected chi connectivity index (χ0v) is 17.8. The molecule has 2 unspecified atom stereocenters. The molecule has 0 aliphatic carbocycles. The fraction of sp³-hybridized carbons (Fsp3) is 0.360. The normalized spacial score (nSPS) is 21.6. The van der Waals surface area contributed by atoms with Crippen molar-refractivity contribution in [2.24, 2.45) is 0 Å². The molecule has 2 bridgehead atoms. The van der Waals surface area contributed by atoms with Gasteiger partial charge >= 0.3 is 11.9 Å². The van der Waals surface area contributed by atoms with Gasteiger partial charge in [0.05, 0.1) is 0 Å². The maximum Gasteiger partial charge on any atom is 0.414 e. The van der Waals surface area contributed by atoms with Crippen molar-refractivity contribution in [1.29, 1.82) is 0 Å². The van der Waals surface area contributed by atoms with Crippen molar-refractivity contribution in [3.05, 3.63) is 70.9 Å². The maximum atomic E-state index is 9.10. The van der Waals surface area contributed by atoms with Crippen LogP contribution < -0.4 is 0 Å². The molecule has 0 amide bonds. The molecule has 32 heavy (non-hydrogen) atoms. The summed E-state index contributed by atoms with van der Waals surface area (Å²) in [5.41, 5.74) is 7.46. The van der Waals surface area contributed by atoms with Gasteiger partial charge in [0.25, 0.3) is 0 Å². The van der Waals surface area contributed by atoms with Crippen LogP contribution in [0.2, 0.25) is 0 Å². The van der Waals surface area contributed by atoms with E-state index in [4.69, 9.17) is 19.8 Å². The molecule has 0 radical (unpaired) electrons. The average Bonchev–Trinajstić information content (AvgIpc) is 3.44. The van der Waals surface area contributed by atoms with Gasteiger partial charge in [-0.3, -0.25) is 9.80 Å². The van der Waals surface area contributed by atoms with Gasteiger partial charge in [-0.15, -0.1) is 0 Å². The number of fused-ring (bicyclic) bond motifs is 7. The van der Waals surface area contributed by atoms with E-state index in [1.807, 2.05) is 0 Å². The lowest BCUT2D eigenvalue weighted by molar-refractivity contribution is -0.159. The van der Waals surface area contributed by atoms with Gasteiger partial charge < -0.3 is 15.2 Å². The van der Waals surface area contributed by atoms with E-state index in [2.05, 4.69) is 63.3 Å². The number of aromatic amines is 1. The molecule has 4 heterocycles. The number of carboxylic acid groups (broad SMARTS) is 2. The van der Waals surface area contributed by atoms with E-state index in [-0.39, 0.29) is 0 Å². The summed E-state index contributed by atoms with van der Waals surface area (Å²) in [6, 6.07) is 19.1. The Bertz CT molecular complexity index is 1130. The second-order valence-corrected chi connectivity index (χ2v) is 8.84. The number of hydrogen-bond acceptors (Lipinski definition) is 4. The minimum absolute atomic E-state index is 0.616. The first-order valence-corrected chi connectivity index (χ1v) is 11.1. The van der Waals surface area contributed by atoms with Crippen molar-refractivity contribution in [2.45, 2.75) is 44.4 Å². The largest absolute Gasteiger partial charge is 0.473 e. The van der Waals surface area contributed by atoms with Gasteiger partial charge in [0.1, 0.15) is 0 Å². The topological polar surface area (TPSA) is 96.9 Å². The summed E-state index contributed by atoms with van der Waals surface area (Å²) in [7, 11) is 0. The van der Waals surface area contributed by atoms with Crippen molar-refractivity contribution in [2.75, 3.05) is 13.1 Å². The van der Waals surface area contributed by atoms with Crippen LogP contribution in [0.4, 0.5) is 0 Å². The minimum Gasteiger partial charge on any atom is -0.473 e. The molecule has 7 heteroatoms. The van der Waals surface area contributed by atoms with Crippen LogP contribution in [0.15, 0.2) is 48.5 Å². The molecule has 3 aliphatic rings. The van der Waals surface area contributed by atoms with Crippen LogP contribution in [0.5, 0.6) is 0 Å². The number of carbonyl (C=O) groups is 2. The number of rotatable bonds is 3. The number of para-hydroxylation sites is 1. The van der Waals surface area contributed by atoms with Gasteiger partial charge in [-0.25, -0.2) is 9.59 Å². The lowest BCUT2D eigenvalue weighted by Crippen LogP contribution is -2.41. The Morgan fingerprint density at radius 3 is 2.25 bits per heavy atom. The number of benzene rings is 2. The molecule has 7 nitrogen and oxygen atoms in total. The summed E-state index contributed by atoms with van der Waals surface area (Å²) in [6.07, 6.45) is 3.86. The molecule has 0 saturated carbocycles. The number of H-pyrrole nitrogens is 1. The monoisotopic (exact) mass is 433 g/mol. The highest BCUT2D eigenvalue weighted by molar-refractivity contribution is 6.27. The molecule has 1 fully saturated rings. The molecule has 1 saturated heterocycles. The van der Waals surface area contributed by atoms with Gasteiger partial charge in [-0.05, 0) is 35.6 Å². The predicted octanol–water partition coefficient (Wildman–Crippen LogP) is 3.40. The SMILES string of the molecule is O=C(O)C(=O)O.c1ccc2c(c1)CN(CCN1C3CCC1c1c([nH]c4ccccc14)C3)C2. The quantitative estimate of drug-likeness (QED) is 0.548. The number of nitrogens with zero attached hydrogens (tertiary/aromatic N) is 2. The summed E-state index contributed by atoms with van der Waals surface area (Å²) in [6.45, 7) is 4.62. The molecule has 3 aromatic rings. The standard InChI is InChI=1S/C23H25N3.C2H2O4/c1-2-6-17-15-25(14-16(17)5-1)11-12-26-18-9-10-22(26)23-19-7-3-4-8-20(19)24-21(23)13-18;3-1(4)2(5)6/h1-8,18,22,24H,9-15H2;(H,3,4)(H,5,6). The molecule has 2 atom stereocenters. The first kappa shape index (κ1) is 20.7. The Morgan fingerprint density at radius 1 is 0.906 bits per heavy atom. The molecule has 6 rings (SSSR count). The number of nitrogens with one attached hydrogen (secondary N) is 1. The van der Waals surface area contributed by atoms with Crippen LogP contribution >= 0.6 is 0 Å². The van der Waals surface area contributed by atoms with Crippen molar-refractivity contribution in [3.8, 4) is 0 Å². The number of aliphatic carboxylic acids is 2. The van der Waals surface area contributed by atoms with E-state index in [9.17, 15) is 0 Å². The molecule has 2 aromatic carbocycles. The zero-order chi connectivity index (χ0) is 22.2. The lowest BCUT2D eigenvalue weighted by atomic mass is 9.97. The van der Waals surface area contributed by atoms with Gasteiger partial charge in [0, 0.05) is 61.3 Å². The molecule has 3 N–H and O–H groups in total.